The maximum atomic E-state index is 12.5. The number of ether oxygens (including phenoxy) is 1. The fourth-order valence-corrected chi connectivity index (χ4v) is 2.69. The zero-order valence-electron chi connectivity index (χ0n) is 15.1. The van der Waals surface area contributed by atoms with Gasteiger partial charge in [0.25, 0.3) is 5.91 Å². The summed E-state index contributed by atoms with van der Waals surface area (Å²) in [5, 5.41) is 17.3. The summed E-state index contributed by atoms with van der Waals surface area (Å²) in [5.74, 6) is 0.0309. The Morgan fingerprint density at radius 1 is 1.07 bits per heavy atom. The van der Waals surface area contributed by atoms with E-state index < -0.39 is 5.91 Å². The Balaban J connectivity index is 1.78. The van der Waals surface area contributed by atoms with Gasteiger partial charge in [-0.15, -0.1) is 0 Å². The van der Waals surface area contributed by atoms with E-state index in [1.807, 2.05) is 61.5 Å². The van der Waals surface area contributed by atoms with Gasteiger partial charge < -0.3 is 15.4 Å². The number of fused-ring (bicyclic) bond motifs is 1. The number of nitrogens with zero attached hydrogens (tertiary/aromatic N) is 1. The number of carbonyl (C=O) groups is 1. The molecule has 0 aliphatic rings. The smallest absolute Gasteiger partial charge is 0.267 e. The van der Waals surface area contributed by atoms with Crippen molar-refractivity contribution in [3.63, 3.8) is 0 Å². The van der Waals surface area contributed by atoms with Gasteiger partial charge in [0.05, 0.1) is 12.8 Å². The Morgan fingerprint density at radius 3 is 2.59 bits per heavy atom. The van der Waals surface area contributed by atoms with Crippen molar-refractivity contribution < 1.29 is 9.53 Å². The normalized spacial score (nSPS) is 10.9. The van der Waals surface area contributed by atoms with Crippen molar-refractivity contribution in [2.24, 2.45) is 0 Å². The molecule has 0 spiro atoms. The molecule has 5 heteroatoms. The largest absolute Gasteiger partial charge is 0.495 e. The molecule has 5 nitrogen and oxygen atoms in total. The monoisotopic (exact) mass is 357 g/mol. The zero-order chi connectivity index (χ0) is 19.2. The van der Waals surface area contributed by atoms with Crippen LogP contribution in [0.25, 0.3) is 10.8 Å². The third-order valence-corrected chi connectivity index (χ3v) is 4.10. The van der Waals surface area contributed by atoms with Crippen molar-refractivity contribution in [1.29, 1.82) is 5.26 Å². The van der Waals surface area contributed by atoms with Crippen molar-refractivity contribution in [3.8, 4) is 11.8 Å². The number of aryl methyl sites for hydroxylation is 1. The molecule has 0 saturated carbocycles. The summed E-state index contributed by atoms with van der Waals surface area (Å²) in [6, 6.07) is 21.2. The fraction of sp³-hybridized carbons (Fsp3) is 0.0909. The molecule has 0 saturated heterocycles. The van der Waals surface area contributed by atoms with Gasteiger partial charge in [0.2, 0.25) is 0 Å². The molecular weight excluding hydrogens is 338 g/mol. The number of anilines is 2. The van der Waals surface area contributed by atoms with Crippen LogP contribution >= 0.6 is 0 Å². The van der Waals surface area contributed by atoms with Gasteiger partial charge in [-0.3, -0.25) is 4.79 Å². The van der Waals surface area contributed by atoms with Crippen LogP contribution in [0.4, 0.5) is 11.4 Å². The first-order valence-corrected chi connectivity index (χ1v) is 8.42. The number of hydrogen-bond acceptors (Lipinski definition) is 4. The van der Waals surface area contributed by atoms with Gasteiger partial charge in [-0.1, -0.05) is 36.4 Å². The van der Waals surface area contributed by atoms with E-state index in [-0.39, 0.29) is 5.57 Å². The Morgan fingerprint density at radius 2 is 1.85 bits per heavy atom. The third kappa shape index (κ3) is 4.25. The molecule has 0 heterocycles. The van der Waals surface area contributed by atoms with Gasteiger partial charge >= 0.3 is 0 Å². The summed E-state index contributed by atoms with van der Waals surface area (Å²) in [6.45, 7) is 1.91. The molecule has 0 aliphatic carbocycles. The van der Waals surface area contributed by atoms with Crippen molar-refractivity contribution in [3.05, 3.63) is 78.0 Å². The second-order valence-corrected chi connectivity index (χ2v) is 6.03. The second-order valence-electron chi connectivity index (χ2n) is 6.03. The van der Waals surface area contributed by atoms with Crippen LogP contribution in [0.15, 0.2) is 72.4 Å². The first-order valence-electron chi connectivity index (χ1n) is 8.42. The van der Waals surface area contributed by atoms with Crippen LogP contribution in [0.3, 0.4) is 0 Å². The number of carbonyl (C=O) groups excluding carboxylic acids is 1. The first kappa shape index (κ1) is 18.0. The van der Waals surface area contributed by atoms with E-state index in [0.717, 1.165) is 22.0 Å². The van der Waals surface area contributed by atoms with Gasteiger partial charge in [0.15, 0.2) is 0 Å². The van der Waals surface area contributed by atoms with Gasteiger partial charge in [0, 0.05) is 11.9 Å². The third-order valence-electron chi connectivity index (χ3n) is 4.10. The van der Waals surface area contributed by atoms with E-state index in [4.69, 9.17) is 4.74 Å². The molecule has 0 fully saturated rings. The molecule has 3 aromatic carbocycles. The van der Waals surface area contributed by atoms with E-state index in [1.165, 1.54) is 13.3 Å². The van der Waals surface area contributed by atoms with Crippen molar-refractivity contribution in [2.75, 3.05) is 17.7 Å². The fourth-order valence-electron chi connectivity index (χ4n) is 2.69. The highest BCUT2D eigenvalue weighted by atomic mass is 16.5. The predicted octanol–water partition coefficient (Wildman–Crippen LogP) is 4.61. The van der Waals surface area contributed by atoms with Crippen LogP contribution < -0.4 is 15.4 Å². The summed E-state index contributed by atoms with van der Waals surface area (Å²) < 4.78 is 5.25. The van der Waals surface area contributed by atoms with Crippen LogP contribution in [0.2, 0.25) is 0 Å². The molecule has 2 N–H and O–H groups in total. The number of methoxy groups -OCH3 is 1. The van der Waals surface area contributed by atoms with E-state index >= 15 is 0 Å². The number of benzene rings is 3. The minimum atomic E-state index is -0.505. The second kappa shape index (κ2) is 8.07. The lowest BCUT2D eigenvalue weighted by molar-refractivity contribution is -0.112. The molecule has 0 aliphatic heterocycles. The van der Waals surface area contributed by atoms with Gasteiger partial charge in [0.1, 0.15) is 17.4 Å². The van der Waals surface area contributed by atoms with Crippen LogP contribution in [0.5, 0.6) is 5.75 Å². The topological polar surface area (TPSA) is 74.1 Å². The van der Waals surface area contributed by atoms with Crippen LogP contribution in [-0.4, -0.2) is 13.0 Å². The highest BCUT2D eigenvalue weighted by Gasteiger charge is 2.12. The Hall–Kier alpha value is -3.78. The van der Waals surface area contributed by atoms with E-state index in [9.17, 15) is 10.1 Å². The highest BCUT2D eigenvalue weighted by Crippen LogP contribution is 2.25. The molecule has 0 radical (unpaired) electrons. The lowest BCUT2D eigenvalue weighted by Crippen LogP contribution is -2.15. The zero-order valence-corrected chi connectivity index (χ0v) is 15.1. The van der Waals surface area contributed by atoms with Gasteiger partial charge in [-0.25, -0.2) is 0 Å². The van der Waals surface area contributed by atoms with Crippen LogP contribution in [0.1, 0.15) is 5.56 Å². The Bertz CT molecular complexity index is 1060. The van der Waals surface area contributed by atoms with Gasteiger partial charge in [-0.2, -0.15) is 5.26 Å². The first-order chi connectivity index (χ1) is 13.1. The predicted molar refractivity (Wildman–Crippen MR) is 108 cm³/mol. The quantitative estimate of drug-likeness (QED) is 0.516. The molecule has 134 valence electrons. The number of rotatable bonds is 5. The minimum Gasteiger partial charge on any atom is -0.495 e. The highest BCUT2D eigenvalue weighted by molar-refractivity contribution is 6.07. The molecule has 3 rings (SSSR count). The number of amides is 1. The Labute approximate surface area is 157 Å². The lowest BCUT2D eigenvalue weighted by Gasteiger charge is -2.11. The van der Waals surface area contributed by atoms with E-state index in [2.05, 4.69) is 10.6 Å². The molecule has 0 aromatic heterocycles. The molecule has 3 aromatic rings. The summed E-state index contributed by atoms with van der Waals surface area (Å²) in [4.78, 5) is 12.5. The van der Waals surface area contributed by atoms with Crippen LogP contribution in [0, 0.1) is 18.3 Å². The van der Waals surface area contributed by atoms with E-state index in [1.54, 1.807) is 12.1 Å². The Kier molecular flexibility index (Phi) is 5.38. The number of hydrogen-bond donors (Lipinski definition) is 2. The SMILES string of the molecule is COc1ccc(C)cc1NC(=O)/C(C#N)=C\Nc1ccc2ccccc2c1. The average molecular weight is 357 g/mol. The summed E-state index contributed by atoms with van der Waals surface area (Å²) in [7, 11) is 1.53. The maximum absolute atomic E-state index is 12.5. The summed E-state index contributed by atoms with van der Waals surface area (Å²) in [6.07, 6.45) is 1.40. The summed E-state index contributed by atoms with van der Waals surface area (Å²) >= 11 is 0. The average Bonchev–Trinajstić information content (AvgIpc) is 2.68. The van der Waals surface area contributed by atoms with Crippen LogP contribution in [-0.2, 0) is 4.79 Å². The lowest BCUT2D eigenvalue weighted by atomic mass is 10.1. The van der Waals surface area contributed by atoms with Crippen molar-refractivity contribution in [2.45, 2.75) is 6.92 Å². The molecule has 0 atom stereocenters. The molecule has 27 heavy (non-hydrogen) atoms. The van der Waals surface area contributed by atoms with Gasteiger partial charge in [-0.05, 0) is 47.5 Å². The summed E-state index contributed by atoms with van der Waals surface area (Å²) in [5.41, 5.74) is 2.26. The number of nitriles is 1. The van der Waals surface area contributed by atoms with Crippen molar-refractivity contribution >= 4 is 28.1 Å². The van der Waals surface area contributed by atoms with Crippen molar-refractivity contribution in [1.82, 2.24) is 0 Å². The standard InChI is InChI=1S/C22H19N3O2/c1-15-7-10-21(27-2)20(11-15)25-22(26)18(13-23)14-24-19-9-8-16-5-3-4-6-17(16)12-19/h3-12,14,24H,1-2H3,(H,25,26)/b18-14-. The molecule has 1 amide bonds. The molecule has 0 bridgehead atoms. The minimum absolute atomic E-state index is 0.0354. The number of nitrogens with one attached hydrogen (secondary N) is 2. The maximum Gasteiger partial charge on any atom is 0.267 e. The molecule has 0 unspecified atom stereocenters. The van der Waals surface area contributed by atoms with E-state index in [0.29, 0.717) is 11.4 Å². The molecular formula is C22H19N3O2.